The molecule has 2 aromatic rings. The van der Waals surface area contributed by atoms with Crippen molar-refractivity contribution in [2.24, 2.45) is 5.73 Å². The molecule has 0 spiro atoms. The number of pyridine rings is 1. The number of aryl methyl sites for hydroxylation is 1. The number of hydrogen-bond acceptors (Lipinski definition) is 5. The molecule has 3 heterocycles. The molecule has 7 nitrogen and oxygen atoms in total. The highest BCUT2D eigenvalue weighted by Crippen LogP contribution is 2.25. The Balaban J connectivity index is 1.86. The van der Waals surface area contributed by atoms with E-state index in [1.807, 2.05) is 13.1 Å². The Hall–Kier alpha value is -2.25. The minimum absolute atomic E-state index is 0.300. The van der Waals surface area contributed by atoms with Gasteiger partial charge in [0.25, 0.3) is 0 Å². The van der Waals surface area contributed by atoms with Crippen molar-refractivity contribution < 1.29 is 9.90 Å². The lowest BCUT2D eigenvalue weighted by Gasteiger charge is -2.33. The Morgan fingerprint density at radius 1 is 1.44 bits per heavy atom. The van der Waals surface area contributed by atoms with E-state index in [0.717, 1.165) is 49.3 Å². The van der Waals surface area contributed by atoms with Gasteiger partial charge < -0.3 is 10.8 Å². The van der Waals surface area contributed by atoms with Gasteiger partial charge in [0, 0.05) is 44.1 Å². The lowest BCUT2D eigenvalue weighted by atomic mass is 10.0. The molecule has 0 bridgehead atoms. The fourth-order valence-corrected chi connectivity index (χ4v) is 3.58. The molecule has 3 rings (SSSR count). The van der Waals surface area contributed by atoms with E-state index < -0.39 is 5.97 Å². The van der Waals surface area contributed by atoms with Crippen molar-refractivity contribution in [1.82, 2.24) is 19.7 Å². The standard InChI is InChI=1S/C18H25N5O2/c1-13-10-21-23(15-3-2-7-22(12-15)8-5-19)17(13)9-14-11-20-6-4-16(14)18(24)25/h4,6,10-11,15H,2-3,5,7-9,12,19H2,1H3,(H,24,25). The molecule has 0 aliphatic carbocycles. The van der Waals surface area contributed by atoms with Crippen LogP contribution in [0.4, 0.5) is 0 Å². The van der Waals surface area contributed by atoms with Crippen molar-refractivity contribution in [2.75, 3.05) is 26.2 Å². The highest BCUT2D eigenvalue weighted by molar-refractivity contribution is 5.89. The van der Waals surface area contributed by atoms with Crippen molar-refractivity contribution in [3.8, 4) is 0 Å². The predicted octanol–water partition coefficient (Wildman–Crippen LogP) is 1.47. The van der Waals surface area contributed by atoms with Gasteiger partial charge in [-0.15, -0.1) is 0 Å². The summed E-state index contributed by atoms with van der Waals surface area (Å²) in [4.78, 5) is 17.9. The first kappa shape index (κ1) is 17.6. The quantitative estimate of drug-likeness (QED) is 0.824. The Labute approximate surface area is 147 Å². The largest absolute Gasteiger partial charge is 0.478 e. The highest BCUT2D eigenvalue weighted by atomic mass is 16.4. The fraction of sp³-hybridized carbons (Fsp3) is 0.500. The van der Waals surface area contributed by atoms with Crippen molar-refractivity contribution in [2.45, 2.75) is 32.2 Å². The number of carboxylic acids is 1. The molecule has 1 unspecified atom stereocenters. The van der Waals surface area contributed by atoms with Crippen LogP contribution in [-0.2, 0) is 6.42 Å². The van der Waals surface area contributed by atoms with Crippen LogP contribution in [0.2, 0.25) is 0 Å². The summed E-state index contributed by atoms with van der Waals surface area (Å²) in [5.74, 6) is -0.923. The van der Waals surface area contributed by atoms with Gasteiger partial charge in [-0.2, -0.15) is 5.10 Å². The van der Waals surface area contributed by atoms with Crippen molar-refractivity contribution in [3.63, 3.8) is 0 Å². The Morgan fingerprint density at radius 3 is 3.04 bits per heavy atom. The molecule has 0 aromatic carbocycles. The van der Waals surface area contributed by atoms with E-state index in [2.05, 4.69) is 19.7 Å². The third kappa shape index (κ3) is 3.88. The molecule has 2 aromatic heterocycles. The zero-order valence-electron chi connectivity index (χ0n) is 14.6. The second kappa shape index (κ2) is 7.76. The number of nitrogens with zero attached hydrogens (tertiary/aromatic N) is 4. The molecule has 25 heavy (non-hydrogen) atoms. The number of aromatic nitrogens is 3. The third-order valence-corrected chi connectivity index (χ3v) is 4.87. The smallest absolute Gasteiger partial charge is 0.336 e. The van der Waals surface area contributed by atoms with E-state index in [9.17, 15) is 9.90 Å². The zero-order chi connectivity index (χ0) is 17.8. The number of hydrogen-bond donors (Lipinski definition) is 2. The SMILES string of the molecule is Cc1cnn(C2CCCN(CCN)C2)c1Cc1cnccc1C(=O)O. The van der Waals surface area contributed by atoms with Crippen LogP contribution in [0.15, 0.2) is 24.7 Å². The predicted molar refractivity (Wildman–Crippen MR) is 94.7 cm³/mol. The molecule has 1 saturated heterocycles. The summed E-state index contributed by atoms with van der Waals surface area (Å²) >= 11 is 0. The molecule has 3 N–H and O–H groups in total. The summed E-state index contributed by atoms with van der Waals surface area (Å²) in [6.07, 6.45) is 7.75. The van der Waals surface area contributed by atoms with Crippen LogP contribution >= 0.6 is 0 Å². The van der Waals surface area contributed by atoms with Gasteiger partial charge in [0.05, 0.1) is 17.8 Å². The normalized spacial score (nSPS) is 18.4. The van der Waals surface area contributed by atoms with E-state index in [0.29, 0.717) is 24.6 Å². The molecule has 134 valence electrons. The summed E-state index contributed by atoms with van der Waals surface area (Å²) in [5, 5.41) is 14.0. The number of aromatic carboxylic acids is 1. The molecular weight excluding hydrogens is 318 g/mol. The van der Waals surface area contributed by atoms with Crippen LogP contribution in [0.3, 0.4) is 0 Å². The maximum Gasteiger partial charge on any atom is 0.336 e. The molecule has 7 heteroatoms. The number of carboxylic acid groups (broad SMARTS) is 1. The van der Waals surface area contributed by atoms with Gasteiger partial charge in [0.15, 0.2) is 0 Å². The maximum absolute atomic E-state index is 11.5. The van der Waals surface area contributed by atoms with Gasteiger partial charge in [0.1, 0.15) is 0 Å². The molecule has 1 fully saturated rings. The average molecular weight is 343 g/mol. The molecule has 1 atom stereocenters. The minimum Gasteiger partial charge on any atom is -0.478 e. The monoisotopic (exact) mass is 343 g/mol. The summed E-state index contributed by atoms with van der Waals surface area (Å²) in [6.45, 7) is 5.60. The summed E-state index contributed by atoms with van der Waals surface area (Å²) in [5.41, 5.74) is 8.86. The minimum atomic E-state index is -0.923. The van der Waals surface area contributed by atoms with Crippen LogP contribution in [-0.4, -0.2) is 56.9 Å². The lowest BCUT2D eigenvalue weighted by molar-refractivity contribution is 0.0695. The third-order valence-electron chi connectivity index (χ3n) is 4.87. The number of carbonyl (C=O) groups is 1. The average Bonchev–Trinajstić information content (AvgIpc) is 2.96. The fourth-order valence-electron chi connectivity index (χ4n) is 3.58. The van der Waals surface area contributed by atoms with Crippen molar-refractivity contribution >= 4 is 5.97 Å². The van der Waals surface area contributed by atoms with Crippen LogP contribution in [0.25, 0.3) is 0 Å². The lowest BCUT2D eigenvalue weighted by Crippen LogP contribution is -2.40. The van der Waals surface area contributed by atoms with E-state index >= 15 is 0 Å². The summed E-state index contributed by atoms with van der Waals surface area (Å²) in [7, 11) is 0. The topological polar surface area (TPSA) is 97.3 Å². The maximum atomic E-state index is 11.5. The van der Waals surface area contributed by atoms with Gasteiger partial charge in [-0.25, -0.2) is 4.79 Å². The molecule has 0 saturated carbocycles. The van der Waals surface area contributed by atoms with Gasteiger partial charge in [-0.05, 0) is 43.5 Å². The Kier molecular flexibility index (Phi) is 5.45. The first-order valence-corrected chi connectivity index (χ1v) is 8.71. The number of rotatable bonds is 6. The van der Waals surface area contributed by atoms with Crippen LogP contribution in [0.1, 0.15) is 46.1 Å². The number of piperidine rings is 1. The van der Waals surface area contributed by atoms with Crippen LogP contribution in [0, 0.1) is 6.92 Å². The second-order valence-electron chi connectivity index (χ2n) is 6.62. The molecule has 0 radical (unpaired) electrons. The Bertz CT molecular complexity index is 741. The van der Waals surface area contributed by atoms with Crippen LogP contribution < -0.4 is 5.73 Å². The second-order valence-corrected chi connectivity index (χ2v) is 6.62. The van der Waals surface area contributed by atoms with Crippen molar-refractivity contribution in [1.29, 1.82) is 0 Å². The van der Waals surface area contributed by atoms with Gasteiger partial charge in [-0.3, -0.25) is 14.6 Å². The van der Waals surface area contributed by atoms with Crippen LogP contribution in [0.5, 0.6) is 0 Å². The van der Waals surface area contributed by atoms with Gasteiger partial charge >= 0.3 is 5.97 Å². The first-order chi connectivity index (χ1) is 12.1. The van der Waals surface area contributed by atoms with E-state index in [4.69, 9.17) is 5.73 Å². The van der Waals surface area contributed by atoms with E-state index in [1.165, 1.54) is 6.20 Å². The van der Waals surface area contributed by atoms with Crippen molar-refractivity contribution in [3.05, 3.63) is 47.0 Å². The summed E-state index contributed by atoms with van der Waals surface area (Å²) in [6, 6.07) is 1.85. The Morgan fingerprint density at radius 2 is 2.28 bits per heavy atom. The first-order valence-electron chi connectivity index (χ1n) is 8.71. The molecule has 1 aliphatic rings. The van der Waals surface area contributed by atoms with E-state index in [1.54, 1.807) is 12.3 Å². The molecule has 1 aliphatic heterocycles. The number of nitrogens with two attached hydrogens (primary N) is 1. The van der Waals surface area contributed by atoms with Gasteiger partial charge in [-0.1, -0.05) is 0 Å². The number of likely N-dealkylation sites (tertiary alicyclic amines) is 1. The highest BCUT2D eigenvalue weighted by Gasteiger charge is 2.24. The summed E-state index contributed by atoms with van der Waals surface area (Å²) < 4.78 is 2.08. The zero-order valence-corrected chi connectivity index (χ0v) is 14.6. The molecule has 0 amide bonds. The van der Waals surface area contributed by atoms with Gasteiger partial charge in [0.2, 0.25) is 0 Å². The molecular formula is C18H25N5O2. The van der Waals surface area contributed by atoms with E-state index in [-0.39, 0.29) is 0 Å².